The Hall–Kier alpha value is -1.90. The smallest absolute Gasteiger partial charge is 0.341 e. The van der Waals surface area contributed by atoms with Gasteiger partial charge in [-0.15, -0.1) is 0 Å². The number of nitrogens with one attached hydrogen (secondary N) is 1. The minimum absolute atomic E-state index is 0.0643. The Morgan fingerprint density at radius 3 is 2.72 bits per heavy atom. The van der Waals surface area contributed by atoms with Crippen molar-refractivity contribution in [2.45, 2.75) is 30.6 Å². The molecule has 1 N–H and O–H groups in total. The molecule has 9 heteroatoms. The monoisotopic (exact) mass is 383 g/mol. The second-order valence-corrected chi connectivity index (χ2v) is 7.96. The Morgan fingerprint density at radius 2 is 2.16 bits per heavy atom. The van der Waals surface area contributed by atoms with Crippen molar-refractivity contribution in [3.63, 3.8) is 0 Å². The fraction of sp³-hybridized carbons (Fsp3) is 0.375. The van der Waals surface area contributed by atoms with Crippen LogP contribution in [-0.2, 0) is 14.8 Å². The van der Waals surface area contributed by atoms with Crippen molar-refractivity contribution in [2.24, 2.45) is 0 Å². The number of sulfonamides is 1. The SMILES string of the molecule is CCOC(=O)c1cnn(-c2ccc(S(=O)(=O)NC)cc2Cl)c1C1CC1. The van der Waals surface area contributed by atoms with Gasteiger partial charge in [-0.3, -0.25) is 0 Å². The van der Waals surface area contributed by atoms with E-state index in [1.54, 1.807) is 17.7 Å². The van der Waals surface area contributed by atoms with Gasteiger partial charge in [0.15, 0.2) is 0 Å². The molecule has 1 aliphatic carbocycles. The van der Waals surface area contributed by atoms with Crippen molar-refractivity contribution in [3.05, 3.63) is 40.7 Å². The highest BCUT2D eigenvalue weighted by Crippen LogP contribution is 2.43. The quantitative estimate of drug-likeness (QED) is 0.774. The molecule has 1 fully saturated rings. The van der Waals surface area contributed by atoms with E-state index in [-0.39, 0.29) is 22.4 Å². The average molecular weight is 384 g/mol. The van der Waals surface area contributed by atoms with Gasteiger partial charge in [0.1, 0.15) is 5.56 Å². The first-order valence-electron chi connectivity index (χ1n) is 7.87. The maximum Gasteiger partial charge on any atom is 0.341 e. The second-order valence-electron chi connectivity index (χ2n) is 5.67. The molecule has 1 saturated carbocycles. The van der Waals surface area contributed by atoms with Gasteiger partial charge < -0.3 is 4.74 Å². The van der Waals surface area contributed by atoms with Gasteiger partial charge in [0, 0.05) is 5.92 Å². The lowest BCUT2D eigenvalue weighted by Crippen LogP contribution is -2.18. The number of aromatic nitrogens is 2. The zero-order valence-corrected chi connectivity index (χ0v) is 15.4. The van der Waals surface area contributed by atoms with Crippen LogP contribution in [-0.4, -0.2) is 37.8 Å². The first-order chi connectivity index (χ1) is 11.9. The largest absolute Gasteiger partial charge is 0.462 e. The topological polar surface area (TPSA) is 90.3 Å². The van der Waals surface area contributed by atoms with Crippen molar-refractivity contribution >= 4 is 27.6 Å². The summed E-state index contributed by atoms with van der Waals surface area (Å²) in [7, 11) is -2.25. The molecule has 0 unspecified atom stereocenters. The fourth-order valence-corrected chi connectivity index (χ4v) is 3.69. The van der Waals surface area contributed by atoms with Crippen molar-refractivity contribution in [1.82, 2.24) is 14.5 Å². The molecule has 3 rings (SSSR count). The van der Waals surface area contributed by atoms with Crippen LogP contribution >= 0.6 is 11.6 Å². The molecule has 0 atom stereocenters. The molecule has 0 radical (unpaired) electrons. The van der Waals surface area contributed by atoms with Gasteiger partial charge in [0.25, 0.3) is 0 Å². The summed E-state index contributed by atoms with van der Waals surface area (Å²) in [5, 5.41) is 4.52. The third kappa shape index (κ3) is 3.42. The summed E-state index contributed by atoms with van der Waals surface area (Å²) in [6, 6.07) is 4.40. The molecule has 0 amide bonds. The molecule has 1 aromatic carbocycles. The number of esters is 1. The summed E-state index contributed by atoms with van der Waals surface area (Å²) >= 11 is 6.30. The van der Waals surface area contributed by atoms with Crippen molar-refractivity contribution in [1.29, 1.82) is 0 Å². The predicted octanol–water partition coefficient (Wildman–Crippen LogP) is 2.49. The van der Waals surface area contributed by atoms with Gasteiger partial charge in [-0.1, -0.05) is 11.6 Å². The van der Waals surface area contributed by atoms with Crippen LogP contribution in [0.15, 0.2) is 29.3 Å². The molecule has 0 spiro atoms. The maximum atomic E-state index is 12.2. The molecule has 134 valence electrons. The van der Waals surface area contributed by atoms with E-state index in [0.717, 1.165) is 18.5 Å². The zero-order chi connectivity index (χ0) is 18.2. The number of hydrogen-bond acceptors (Lipinski definition) is 5. The Labute approximate surface area is 151 Å². The zero-order valence-electron chi connectivity index (χ0n) is 13.8. The van der Waals surface area contributed by atoms with Crippen LogP contribution < -0.4 is 4.72 Å². The van der Waals surface area contributed by atoms with E-state index in [1.807, 2.05) is 0 Å². The standard InChI is InChI=1S/C16H18ClN3O4S/c1-3-24-16(21)12-9-19-20(15(12)10-4-5-10)14-7-6-11(8-13(14)17)25(22,23)18-2/h6-10,18H,3-5H2,1-2H3. The van der Waals surface area contributed by atoms with Gasteiger partial charge in [0.2, 0.25) is 10.0 Å². The van der Waals surface area contributed by atoms with Crippen LogP contribution in [0.4, 0.5) is 0 Å². The lowest BCUT2D eigenvalue weighted by Gasteiger charge is -2.11. The van der Waals surface area contributed by atoms with E-state index >= 15 is 0 Å². The molecular weight excluding hydrogens is 366 g/mol. The summed E-state index contributed by atoms with van der Waals surface area (Å²) in [5.74, 6) is -0.195. The minimum Gasteiger partial charge on any atom is -0.462 e. The van der Waals surface area contributed by atoms with Crippen LogP contribution in [0.3, 0.4) is 0 Å². The third-order valence-corrected chi connectivity index (χ3v) is 5.71. The number of ether oxygens (including phenoxy) is 1. The maximum absolute atomic E-state index is 12.2. The molecule has 2 aromatic rings. The molecule has 0 aliphatic heterocycles. The number of rotatable bonds is 6. The highest BCUT2D eigenvalue weighted by molar-refractivity contribution is 7.89. The fourth-order valence-electron chi connectivity index (χ4n) is 2.61. The second kappa shape index (κ2) is 6.78. The Bertz CT molecular complexity index is 919. The number of benzene rings is 1. The predicted molar refractivity (Wildman–Crippen MR) is 92.8 cm³/mol. The lowest BCUT2D eigenvalue weighted by atomic mass is 10.1. The lowest BCUT2D eigenvalue weighted by molar-refractivity contribution is 0.0525. The average Bonchev–Trinajstić information content (AvgIpc) is 3.33. The molecule has 1 aliphatic rings. The van der Waals surface area contributed by atoms with E-state index in [9.17, 15) is 13.2 Å². The van der Waals surface area contributed by atoms with E-state index in [4.69, 9.17) is 16.3 Å². The molecule has 7 nitrogen and oxygen atoms in total. The summed E-state index contributed by atoms with van der Waals surface area (Å²) in [6.07, 6.45) is 3.39. The van der Waals surface area contributed by atoms with Crippen molar-refractivity contribution < 1.29 is 17.9 Å². The van der Waals surface area contributed by atoms with E-state index in [2.05, 4.69) is 9.82 Å². The molecular formula is C16H18ClN3O4S. The van der Waals surface area contributed by atoms with Crippen LogP contribution in [0, 0.1) is 0 Å². The number of carbonyl (C=O) groups is 1. The molecule has 1 aromatic heterocycles. The van der Waals surface area contributed by atoms with Crippen molar-refractivity contribution in [2.75, 3.05) is 13.7 Å². The highest BCUT2D eigenvalue weighted by Gasteiger charge is 2.34. The summed E-state index contributed by atoms with van der Waals surface area (Å²) in [6.45, 7) is 2.03. The first kappa shape index (κ1) is 17.9. The summed E-state index contributed by atoms with van der Waals surface area (Å²) in [5.41, 5.74) is 1.70. The number of halogens is 1. The number of carbonyl (C=O) groups excluding carboxylic acids is 1. The highest BCUT2D eigenvalue weighted by atomic mass is 35.5. The van der Waals surface area contributed by atoms with Crippen LogP contribution in [0.25, 0.3) is 5.69 Å². The Kier molecular flexibility index (Phi) is 4.86. The van der Waals surface area contributed by atoms with Crippen LogP contribution in [0.5, 0.6) is 0 Å². The summed E-state index contributed by atoms with van der Waals surface area (Å²) < 4.78 is 32.7. The van der Waals surface area contributed by atoms with Crippen LogP contribution in [0.1, 0.15) is 41.7 Å². The third-order valence-electron chi connectivity index (χ3n) is 3.99. The van der Waals surface area contributed by atoms with Gasteiger partial charge in [-0.05, 0) is 45.0 Å². The normalized spacial score (nSPS) is 14.5. The molecule has 25 heavy (non-hydrogen) atoms. The van der Waals surface area contributed by atoms with E-state index < -0.39 is 16.0 Å². The number of hydrogen-bond donors (Lipinski definition) is 1. The van der Waals surface area contributed by atoms with Crippen molar-refractivity contribution in [3.8, 4) is 5.69 Å². The first-order valence-corrected chi connectivity index (χ1v) is 9.73. The van der Waals surface area contributed by atoms with Crippen LogP contribution in [0.2, 0.25) is 5.02 Å². The number of nitrogens with zero attached hydrogens (tertiary/aromatic N) is 2. The molecule has 0 bridgehead atoms. The molecule has 0 saturated heterocycles. The van der Waals surface area contributed by atoms with E-state index in [1.165, 1.54) is 25.4 Å². The Balaban J connectivity index is 2.07. The summed E-state index contributed by atoms with van der Waals surface area (Å²) in [4.78, 5) is 12.2. The van der Waals surface area contributed by atoms with Gasteiger partial charge in [0.05, 0.1) is 34.1 Å². The minimum atomic E-state index is -3.59. The Morgan fingerprint density at radius 1 is 1.44 bits per heavy atom. The molecule has 1 heterocycles. The van der Waals surface area contributed by atoms with Gasteiger partial charge in [-0.25, -0.2) is 22.6 Å². The van der Waals surface area contributed by atoms with Gasteiger partial charge in [-0.2, -0.15) is 5.10 Å². The van der Waals surface area contributed by atoms with Gasteiger partial charge >= 0.3 is 5.97 Å². The van der Waals surface area contributed by atoms with E-state index in [0.29, 0.717) is 11.3 Å².